The molecule has 4 nitrogen and oxygen atoms in total. The van der Waals surface area contributed by atoms with Crippen molar-refractivity contribution in [2.45, 2.75) is 19.4 Å². The molecule has 0 N–H and O–H groups in total. The summed E-state index contributed by atoms with van der Waals surface area (Å²) in [4.78, 5) is 28.0. The first-order chi connectivity index (χ1) is 9.25. The first-order valence-electron chi connectivity index (χ1n) is 6.27. The van der Waals surface area contributed by atoms with Gasteiger partial charge in [-0.25, -0.2) is 4.39 Å². The highest BCUT2D eigenvalue weighted by Gasteiger charge is 2.43. The molecule has 1 aliphatic rings. The third-order valence-corrected chi connectivity index (χ3v) is 4.50. The molecule has 1 aromatic rings. The third kappa shape index (κ3) is 2.53. The van der Waals surface area contributed by atoms with E-state index in [0.717, 1.165) is 0 Å². The summed E-state index contributed by atoms with van der Waals surface area (Å²) in [6.45, 7) is 4.45. The highest BCUT2D eigenvalue weighted by atomic mass is 127. The lowest BCUT2D eigenvalue weighted by Gasteiger charge is -2.44. The Balaban J connectivity index is 2.35. The normalized spacial score (nSPS) is 18.4. The highest BCUT2D eigenvalue weighted by Crippen LogP contribution is 2.25. The zero-order valence-electron chi connectivity index (χ0n) is 11.6. The van der Waals surface area contributed by atoms with Crippen molar-refractivity contribution < 1.29 is 14.0 Å². The van der Waals surface area contributed by atoms with Crippen LogP contribution in [0.1, 0.15) is 24.2 Å². The zero-order valence-corrected chi connectivity index (χ0v) is 13.8. The maximum Gasteiger partial charge on any atom is 0.255 e. The van der Waals surface area contributed by atoms with Gasteiger partial charge < -0.3 is 9.80 Å². The van der Waals surface area contributed by atoms with E-state index in [1.807, 2.05) is 22.6 Å². The van der Waals surface area contributed by atoms with Gasteiger partial charge in [0.1, 0.15) is 11.4 Å². The predicted molar refractivity (Wildman–Crippen MR) is 81.9 cm³/mol. The minimum atomic E-state index is -0.887. The lowest BCUT2D eigenvalue weighted by molar-refractivity contribution is -0.144. The average molecular weight is 390 g/mol. The quantitative estimate of drug-likeness (QED) is 0.690. The van der Waals surface area contributed by atoms with Gasteiger partial charge >= 0.3 is 0 Å². The molecule has 2 amide bonds. The van der Waals surface area contributed by atoms with Crippen LogP contribution < -0.4 is 0 Å². The molecule has 1 saturated heterocycles. The number of carbonyl (C=O) groups is 2. The summed E-state index contributed by atoms with van der Waals surface area (Å²) in [6, 6.07) is 4.05. The summed E-state index contributed by atoms with van der Waals surface area (Å²) in [6.07, 6.45) is 0. The van der Waals surface area contributed by atoms with Crippen LogP contribution in [-0.2, 0) is 4.79 Å². The van der Waals surface area contributed by atoms with E-state index in [9.17, 15) is 14.0 Å². The van der Waals surface area contributed by atoms with Gasteiger partial charge in [-0.05, 0) is 54.6 Å². The van der Waals surface area contributed by atoms with Crippen molar-refractivity contribution >= 4 is 34.4 Å². The van der Waals surface area contributed by atoms with Crippen molar-refractivity contribution in [2.24, 2.45) is 0 Å². The molecule has 6 heteroatoms. The fourth-order valence-electron chi connectivity index (χ4n) is 2.38. The number of benzene rings is 1. The van der Waals surface area contributed by atoms with E-state index in [-0.39, 0.29) is 17.6 Å². The molecule has 0 saturated carbocycles. The summed E-state index contributed by atoms with van der Waals surface area (Å²) in [7, 11) is 1.73. The zero-order chi connectivity index (χ0) is 15.1. The van der Waals surface area contributed by atoms with Crippen LogP contribution >= 0.6 is 22.6 Å². The van der Waals surface area contributed by atoms with E-state index < -0.39 is 5.54 Å². The molecule has 1 fully saturated rings. The van der Waals surface area contributed by atoms with Crippen LogP contribution in [-0.4, -0.2) is 47.3 Å². The second-order valence-electron chi connectivity index (χ2n) is 5.37. The first-order valence-corrected chi connectivity index (χ1v) is 7.35. The fourth-order valence-corrected chi connectivity index (χ4v) is 3.09. The van der Waals surface area contributed by atoms with Crippen molar-refractivity contribution in [1.29, 1.82) is 0 Å². The molecule has 1 heterocycles. The number of halogens is 2. The molecule has 0 spiro atoms. The molecule has 0 unspecified atom stereocenters. The topological polar surface area (TPSA) is 40.6 Å². The van der Waals surface area contributed by atoms with Crippen LogP contribution in [0.25, 0.3) is 0 Å². The van der Waals surface area contributed by atoms with Gasteiger partial charge in [-0.3, -0.25) is 9.59 Å². The lowest BCUT2D eigenvalue weighted by Crippen LogP contribution is -2.63. The van der Waals surface area contributed by atoms with Gasteiger partial charge in [-0.1, -0.05) is 0 Å². The van der Waals surface area contributed by atoms with Crippen molar-refractivity contribution in [3.8, 4) is 0 Å². The fraction of sp³-hybridized carbons (Fsp3) is 0.429. The number of amides is 2. The molecule has 20 heavy (non-hydrogen) atoms. The minimum Gasteiger partial charge on any atom is -0.342 e. The van der Waals surface area contributed by atoms with Crippen LogP contribution in [0.2, 0.25) is 0 Å². The lowest BCUT2D eigenvalue weighted by atomic mass is 9.96. The van der Waals surface area contributed by atoms with Crippen LogP contribution in [0.4, 0.5) is 4.39 Å². The summed E-state index contributed by atoms with van der Waals surface area (Å²) in [5.74, 6) is -0.699. The monoisotopic (exact) mass is 390 g/mol. The summed E-state index contributed by atoms with van der Waals surface area (Å²) in [5.41, 5.74) is -0.459. The molecule has 0 bridgehead atoms. The Morgan fingerprint density at radius 3 is 2.60 bits per heavy atom. The van der Waals surface area contributed by atoms with Crippen LogP contribution in [0.3, 0.4) is 0 Å². The summed E-state index contributed by atoms with van der Waals surface area (Å²) in [5, 5.41) is 0. The number of piperazine rings is 1. The molecule has 0 atom stereocenters. The maximum absolute atomic E-state index is 13.1. The van der Waals surface area contributed by atoms with E-state index in [4.69, 9.17) is 0 Å². The molecular formula is C14H16FIN2O2. The molecule has 0 aromatic heterocycles. The summed E-state index contributed by atoms with van der Waals surface area (Å²) < 4.78 is 13.7. The average Bonchev–Trinajstić information content (AvgIpc) is 2.35. The van der Waals surface area contributed by atoms with Crippen molar-refractivity contribution in [3.05, 3.63) is 33.1 Å². The van der Waals surface area contributed by atoms with E-state index in [2.05, 4.69) is 0 Å². The molecule has 2 rings (SSSR count). The number of hydrogen-bond donors (Lipinski definition) is 0. The highest BCUT2D eigenvalue weighted by molar-refractivity contribution is 14.1. The van der Waals surface area contributed by atoms with Gasteiger partial charge in [0.05, 0.1) is 5.56 Å². The van der Waals surface area contributed by atoms with E-state index in [1.54, 1.807) is 30.7 Å². The number of likely N-dealkylation sites (N-methyl/N-ethyl adjacent to an activating group) is 1. The molecule has 1 aliphatic heterocycles. The van der Waals surface area contributed by atoms with Gasteiger partial charge in [-0.15, -0.1) is 0 Å². The van der Waals surface area contributed by atoms with E-state index in [1.165, 1.54) is 18.2 Å². The van der Waals surface area contributed by atoms with Gasteiger partial charge in [0.25, 0.3) is 5.91 Å². The number of carbonyl (C=O) groups excluding carboxylic acids is 2. The Labute approximate surface area is 131 Å². The molecule has 1 aromatic carbocycles. The number of nitrogens with zero attached hydrogens (tertiary/aromatic N) is 2. The Bertz CT molecular complexity index is 574. The van der Waals surface area contributed by atoms with Crippen LogP contribution in [0.5, 0.6) is 0 Å². The smallest absolute Gasteiger partial charge is 0.255 e. The maximum atomic E-state index is 13.1. The van der Waals surface area contributed by atoms with Gasteiger partial charge in [0.15, 0.2) is 0 Å². The largest absolute Gasteiger partial charge is 0.342 e. The third-order valence-electron chi connectivity index (χ3n) is 3.61. The van der Waals surface area contributed by atoms with Crippen molar-refractivity contribution in [2.75, 3.05) is 20.1 Å². The molecule has 0 aliphatic carbocycles. The summed E-state index contributed by atoms with van der Waals surface area (Å²) >= 11 is 1.94. The van der Waals surface area contributed by atoms with Gasteiger partial charge in [0, 0.05) is 23.7 Å². The number of rotatable bonds is 1. The van der Waals surface area contributed by atoms with E-state index >= 15 is 0 Å². The predicted octanol–water partition coefficient (Wildman–Crippen LogP) is 2.12. The Morgan fingerprint density at radius 1 is 1.35 bits per heavy atom. The van der Waals surface area contributed by atoms with Crippen molar-refractivity contribution in [3.63, 3.8) is 0 Å². The SMILES string of the molecule is CN1CCN(C(=O)c2ccc(F)cc2I)C(C)(C)C1=O. The Hall–Kier alpha value is -1.18. The van der Waals surface area contributed by atoms with E-state index in [0.29, 0.717) is 22.2 Å². The van der Waals surface area contributed by atoms with Gasteiger partial charge in [-0.2, -0.15) is 0 Å². The second-order valence-corrected chi connectivity index (χ2v) is 6.53. The number of hydrogen-bond acceptors (Lipinski definition) is 2. The second kappa shape index (κ2) is 5.31. The molecular weight excluding hydrogens is 374 g/mol. The van der Waals surface area contributed by atoms with Crippen LogP contribution in [0, 0.1) is 9.39 Å². The standard InChI is InChI=1S/C14H16FIN2O2/c1-14(2)13(20)17(3)6-7-18(14)12(19)10-5-4-9(15)8-11(10)16/h4-5,8H,6-7H2,1-3H3. The molecule has 108 valence electrons. The Kier molecular flexibility index (Phi) is 4.04. The first kappa shape index (κ1) is 15.2. The van der Waals surface area contributed by atoms with Gasteiger partial charge in [0.2, 0.25) is 5.91 Å². The Morgan fingerprint density at radius 2 is 2.00 bits per heavy atom. The van der Waals surface area contributed by atoms with Crippen molar-refractivity contribution in [1.82, 2.24) is 9.80 Å². The van der Waals surface area contributed by atoms with Crippen LogP contribution in [0.15, 0.2) is 18.2 Å². The molecule has 0 radical (unpaired) electrons. The minimum absolute atomic E-state index is 0.0887.